The number of carboxylic acid groups (broad SMARTS) is 1. The number of hydrogen-bond donors (Lipinski definition) is 1. The summed E-state index contributed by atoms with van der Waals surface area (Å²) in [6.07, 6.45) is 1.77. The molecule has 3 heteroatoms. The van der Waals surface area contributed by atoms with Crippen molar-refractivity contribution in [3.63, 3.8) is 0 Å². The zero-order chi connectivity index (χ0) is 11.2. The van der Waals surface area contributed by atoms with Crippen LogP contribution in [0.25, 0.3) is 0 Å². The van der Waals surface area contributed by atoms with Crippen LogP contribution in [0.2, 0.25) is 0 Å². The maximum absolute atomic E-state index is 10.4. The molecule has 0 saturated carbocycles. The maximum Gasteiger partial charge on any atom is 0.303 e. The third-order valence-corrected chi connectivity index (χ3v) is 2.13. The SMILES string of the molecule is CC(C)CCOC(C)(C)CCC(=O)O. The summed E-state index contributed by atoms with van der Waals surface area (Å²) in [5.74, 6) is -0.129. The van der Waals surface area contributed by atoms with Crippen LogP contribution < -0.4 is 0 Å². The van der Waals surface area contributed by atoms with Crippen LogP contribution >= 0.6 is 0 Å². The van der Waals surface area contributed by atoms with Gasteiger partial charge in [0, 0.05) is 13.0 Å². The summed E-state index contributed by atoms with van der Waals surface area (Å²) in [6.45, 7) is 8.89. The molecule has 0 radical (unpaired) electrons. The third kappa shape index (κ3) is 8.05. The molecule has 0 aliphatic heterocycles. The van der Waals surface area contributed by atoms with Gasteiger partial charge in [-0.25, -0.2) is 0 Å². The van der Waals surface area contributed by atoms with Crippen molar-refractivity contribution in [2.24, 2.45) is 5.92 Å². The van der Waals surface area contributed by atoms with Gasteiger partial charge in [0.15, 0.2) is 0 Å². The predicted molar refractivity (Wildman–Crippen MR) is 56.4 cm³/mol. The van der Waals surface area contributed by atoms with Crippen molar-refractivity contribution in [2.75, 3.05) is 6.61 Å². The molecule has 0 aliphatic rings. The second-order valence-corrected chi connectivity index (χ2v) is 4.68. The topological polar surface area (TPSA) is 46.5 Å². The first-order valence-electron chi connectivity index (χ1n) is 5.19. The van der Waals surface area contributed by atoms with Gasteiger partial charge in [0.25, 0.3) is 0 Å². The minimum Gasteiger partial charge on any atom is -0.481 e. The molecule has 0 aromatic rings. The number of rotatable bonds is 7. The molecule has 0 aromatic heterocycles. The Labute approximate surface area is 86.5 Å². The molecule has 0 saturated heterocycles. The van der Waals surface area contributed by atoms with E-state index in [1.807, 2.05) is 13.8 Å². The Kier molecular flexibility index (Phi) is 5.77. The fraction of sp³-hybridized carbons (Fsp3) is 0.909. The standard InChI is InChI=1S/C11H22O3/c1-9(2)6-8-14-11(3,4)7-5-10(12)13/h9H,5-8H2,1-4H3,(H,12,13). The van der Waals surface area contributed by atoms with Crippen LogP contribution in [0.5, 0.6) is 0 Å². The monoisotopic (exact) mass is 202 g/mol. The van der Waals surface area contributed by atoms with Gasteiger partial charge >= 0.3 is 5.97 Å². The average molecular weight is 202 g/mol. The Morgan fingerprint density at radius 3 is 2.43 bits per heavy atom. The van der Waals surface area contributed by atoms with Gasteiger partial charge in [-0.1, -0.05) is 13.8 Å². The quantitative estimate of drug-likeness (QED) is 0.690. The van der Waals surface area contributed by atoms with E-state index in [9.17, 15) is 4.79 Å². The van der Waals surface area contributed by atoms with E-state index in [0.717, 1.165) is 6.42 Å². The zero-order valence-corrected chi connectivity index (χ0v) is 9.67. The van der Waals surface area contributed by atoms with Crippen molar-refractivity contribution < 1.29 is 14.6 Å². The van der Waals surface area contributed by atoms with E-state index in [1.165, 1.54) is 0 Å². The lowest BCUT2D eigenvalue weighted by Gasteiger charge is -2.25. The van der Waals surface area contributed by atoms with Crippen LogP contribution in [-0.4, -0.2) is 23.3 Å². The second kappa shape index (κ2) is 6.02. The van der Waals surface area contributed by atoms with Gasteiger partial charge in [-0.05, 0) is 32.6 Å². The summed E-state index contributed by atoms with van der Waals surface area (Å²) >= 11 is 0. The van der Waals surface area contributed by atoms with Crippen molar-refractivity contribution >= 4 is 5.97 Å². The number of carboxylic acids is 1. The minimum absolute atomic E-state index is 0.175. The van der Waals surface area contributed by atoms with Crippen molar-refractivity contribution in [2.45, 2.75) is 52.6 Å². The van der Waals surface area contributed by atoms with Crippen LogP contribution in [0, 0.1) is 5.92 Å². The molecule has 3 nitrogen and oxygen atoms in total. The molecule has 0 heterocycles. The molecule has 0 amide bonds. The highest BCUT2D eigenvalue weighted by atomic mass is 16.5. The third-order valence-electron chi connectivity index (χ3n) is 2.13. The Morgan fingerprint density at radius 1 is 1.43 bits per heavy atom. The van der Waals surface area contributed by atoms with Gasteiger partial charge in [-0.3, -0.25) is 4.79 Å². The van der Waals surface area contributed by atoms with Crippen LogP contribution in [0.4, 0.5) is 0 Å². The first-order valence-corrected chi connectivity index (χ1v) is 5.19. The highest BCUT2D eigenvalue weighted by molar-refractivity contribution is 5.66. The molecule has 0 atom stereocenters. The maximum atomic E-state index is 10.4. The molecule has 0 aromatic carbocycles. The molecular formula is C11H22O3. The van der Waals surface area contributed by atoms with E-state index in [4.69, 9.17) is 9.84 Å². The van der Waals surface area contributed by atoms with Gasteiger partial charge in [0.1, 0.15) is 0 Å². The summed E-state index contributed by atoms with van der Waals surface area (Å²) in [4.78, 5) is 10.4. The van der Waals surface area contributed by atoms with E-state index in [-0.39, 0.29) is 12.0 Å². The fourth-order valence-electron chi connectivity index (χ4n) is 1.05. The summed E-state index contributed by atoms with van der Waals surface area (Å²) in [5, 5.41) is 8.53. The highest BCUT2D eigenvalue weighted by Crippen LogP contribution is 2.17. The van der Waals surface area contributed by atoms with Crippen molar-refractivity contribution in [1.29, 1.82) is 0 Å². The predicted octanol–water partition coefficient (Wildman–Crippen LogP) is 2.69. The normalized spacial score (nSPS) is 12.1. The molecule has 84 valence electrons. The van der Waals surface area contributed by atoms with E-state index >= 15 is 0 Å². The molecule has 1 N–H and O–H groups in total. The molecule has 0 aliphatic carbocycles. The molecule has 0 rings (SSSR count). The van der Waals surface area contributed by atoms with Crippen molar-refractivity contribution in [3.05, 3.63) is 0 Å². The zero-order valence-electron chi connectivity index (χ0n) is 9.67. The largest absolute Gasteiger partial charge is 0.481 e. The molecule has 0 spiro atoms. The minimum atomic E-state index is -0.759. The van der Waals surface area contributed by atoms with Crippen LogP contribution in [-0.2, 0) is 9.53 Å². The first-order chi connectivity index (χ1) is 6.33. The van der Waals surface area contributed by atoms with Gasteiger partial charge in [0.2, 0.25) is 0 Å². The molecule has 0 bridgehead atoms. The molecule has 0 fully saturated rings. The Morgan fingerprint density at radius 2 is 2.00 bits per heavy atom. The van der Waals surface area contributed by atoms with Crippen LogP contribution in [0.1, 0.15) is 47.0 Å². The number of ether oxygens (including phenoxy) is 1. The van der Waals surface area contributed by atoms with Crippen molar-refractivity contribution in [1.82, 2.24) is 0 Å². The number of carbonyl (C=O) groups is 1. The number of hydrogen-bond acceptors (Lipinski definition) is 2. The lowest BCUT2D eigenvalue weighted by molar-refractivity contribution is -0.138. The Balaban J connectivity index is 3.66. The summed E-state index contributed by atoms with van der Waals surface area (Å²) in [6, 6.07) is 0. The first kappa shape index (κ1) is 13.4. The summed E-state index contributed by atoms with van der Waals surface area (Å²) < 4.78 is 5.63. The Bertz CT molecular complexity index is 173. The van der Waals surface area contributed by atoms with Gasteiger partial charge in [0.05, 0.1) is 5.60 Å². The Hall–Kier alpha value is -0.570. The van der Waals surface area contributed by atoms with Gasteiger partial charge in [-0.2, -0.15) is 0 Å². The van der Waals surface area contributed by atoms with E-state index in [0.29, 0.717) is 18.9 Å². The summed E-state index contributed by atoms with van der Waals surface area (Å²) in [7, 11) is 0. The van der Waals surface area contributed by atoms with Crippen LogP contribution in [0.3, 0.4) is 0 Å². The van der Waals surface area contributed by atoms with Crippen molar-refractivity contribution in [3.8, 4) is 0 Å². The highest BCUT2D eigenvalue weighted by Gasteiger charge is 2.19. The smallest absolute Gasteiger partial charge is 0.303 e. The summed E-state index contributed by atoms with van der Waals surface area (Å²) in [5.41, 5.74) is -0.312. The van der Waals surface area contributed by atoms with E-state index in [2.05, 4.69) is 13.8 Å². The lowest BCUT2D eigenvalue weighted by atomic mass is 10.0. The van der Waals surface area contributed by atoms with Gasteiger partial charge < -0.3 is 9.84 Å². The van der Waals surface area contributed by atoms with E-state index in [1.54, 1.807) is 0 Å². The van der Waals surface area contributed by atoms with E-state index < -0.39 is 5.97 Å². The molecular weight excluding hydrogens is 180 g/mol. The fourth-order valence-corrected chi connectivity index (χ4v) is 1.05. The molecule has 0 unspecified atom stereocenters. The average Bonchev–Trinajstić information content (AvgIpc) is 2.00. The van der Waals surface area contributed by atoms with Gasteiger partial charge in [-0.15, -0.1) is 0 Å². The second-order valence-electron chi connectivity index (χ2n) is 4.68. The lowest BCUT2D eigenvalue weighted by Crippen LogP contribution is -2.26. The number of aliphatic carboxylic acids is 1. The molecule has 14 heavy (non-hydrogen) atoms. The van der Waals surface area contributed by atoms with Crippen LogP contribution in [0.15, 0.2) is 0 Å².